The molecular formula is C20H26FN3O2. The monoisotopic (exact) mass is 359 g/mol. The van der Waals surface area contributed by atoms with Gasteiger partial charge in [0.25, 0.3) is 0 Å². The molecule has 5 nitrogen and oxygen atoms in total. The molecule has 26 heavy (non-hydrogen) atoms. The number of halogens is 1. The number of aromatic nitrogens is 2. The van der Waals surface area contributed by atoms with E-state index in [2.05, 4.69) is 10.1 Å². The van der Waals surface area contributed by atoms with Gasteiger partial charge in [-0.05, 0) is 37.8 Å². The molecule has 2 aromatic rings. The number of benzene rings is 1. The number of amides is 1. The Labute approximate surface area is 153 Å². The zero-order valence-corrected chi connectivity index (χ0v) is 15.9. The molecule has 0 aliphatic carbocycles. The molecule has 1 aliphatic heterocycles. The highest BCUT2D eigenvalue weighted by molar-refractivity contribution is 5.95. The van der Waals surface area contributed by atoms with Crippen LogP contribution in [0, 0.1) is 12.7 Å². The Morgan fingerprint density at radius 2 is 2.12 bits per heavy atom. The number of fused-ring (bicyclic) bond motifs is 1. The fourth-order valence-electron chi connectivity index (χ4n) is 3.30. The van der Waals surface area contributed by atoms with E-state index in [4.69, 9.17) is 4.52 Å². The van der Waals surface area contributed by atoms with Crippen LogP contribution in [0.1, 0.15) is 62.9 Å². The van der Waals surface area contributed by atoms with Crippen molar-refractivity contribution in [2.45, 2.75) is 65.2 Å². The highest BCUT2D eigenvalue weighted by atomic mass is 19.1. The Balaban J connectivity index is 1.64. The van der Waals surface area contributed by atoms with Gasteiger partial charge in [0.2, 0.25) is 11.8 Å². The Morgan fingerprint density at radius 3 is 2.81 bits per heavy atom. The Kier molecular flexibility index (Phi) is 5.12. The van der Waals surface area contributed by atoms with Crippen LogP contribution < -0.4 is 4.90 Å². The molecule has 0 spiro atoms. The summed E-state index contributed by atoms with van der Waals surface area (Å²) in [6, 6.07) is 3.23. The summed E-state index contributed by atoms with van der Waals surface area (Å²) in [6.07, 6.45) is 3.05. The van der Waals surface area contributed by atoms with Crippen LogP contribution >= 0.6 is 0 Å². The summed E-state index contributed by atoms with van der Waals surface area (Å²) in [5.41, 5.74) is 2.21. The second-order valence-electron chi connectivity index (χ2n) is 7.96. The van der Waals surface area contributed by atoms with Gasteiger partial charge < -0.3 is 9.42 Å². The van der Waals surface area contributed by atoms with Gasteiger partial charge in [-0.2, -0.15) is 4.98 Å². The van der Waals surface area contributed by atoms with Gasteiger partial charge in [-0.3, -0.25) is 4.79 Å². The van der Waals surface area contributed by atoms with Gasteiger partial charge in [-0.25, -0.2) is 4.39 Å². The van der Waals surface area contributed by atoms with Gasteiger partial charge in [-0.1, -0.05) is 32.0 Å². The number of carbonyl (C=O) groups excluding carboxylic acids is 1. The third-order valence-electron chi connectivity index (χ3n) is 4.73. The van der Waals surface area contributed by atoms with E-state index < -0.39 is 0 Å². The highest BCUT2D eigenvalue weighted by Crippen LogP contribution is 2.33. The summed E-state index contributed by atoms with van der Waals surface area (Å²) in [4.78, 5) is 18.9. The minimum absolute atomic E-state index is 0.0233. The second-order valence-corrected chi connectivity index (χ2v) is 7.96. The largest absolute Gasteiger partial charge is 0.339 e. The molecule has 3 rings (SSSR count). The highest BCUT2D eigenvalue weighted by Gasteiger charge is 2.26. The molecule has 0 bridgehead atoms. The van der Waals surface area contributed by atoms with Crippen molar-refractivity contribution in [3.8, 4) is 0 Å². The van der Waals surface area contributed by atoms with Crippen molar-refractivity contribution in [1.82, 2.24) is 10.1 Å². The van der Waals surface area contributed by atoms with E-state index in [1.807, 2.05) is 27.7 Å². The Hall–Kier alpha value is -2.24. The second kappa shape index (κ2) is 7.17. The molecule has 6 heteroatoms. The lowest BCUT2D eigenvalue weighted by molar-refractivity contribution is -0.118. The molecule has 1 amide bonds. The van der Waals surface area contributed by atoms with E-state index in [1.54, 1.807) is 11.0 Å². The molecule has 0 saturated carbocycles. The van der Waals surface area contributed by atoms with Gasteiger partial charge in [0.15, 0.2) is 5.82 Å². The van der Waals surface area contributed by atoms with Crippen molar-refractivity contribution in [2.75, 3.05) is 11.4 Å². The number of hydrogen-bond donors (Lipinski definition) is 0. The van der Waals surface area contributed by atoms with E-state index in [9.17, 15) is 9.18 Å². The smallest absolute Gasteiger partial charge is 0.227 e. The number of hydrogen-bond acceptors (Lipinski definition) is 4. The van der Waals surface area contributed by atoms with Crippen molar-refractivity contribution in [1.29, 1.82) is 0 Å². The van der Waals surface area contributed by atoms with Crippen LogP contribution in [0.3, 0.4) is 0 Å². The van der Waals surface area contributed by atoms with Crippen molar-refractivity contribution in [3.63, 3.8) is 0 Å². The molecule has 0 atom stereocenters. The first-order chi connectivity index (χ1) is 12.3. The summed E-state index contributed by atoms with van der Waals surface area (Å²) in [7, 11) is 0. The van der Waals surface area contributed by atoms with Crippen LogP contribution in [0.25, 0.3) is 0 Å². The lowest BCUT2D eigenvalue weighted by atomic mass is 9.96. The van der Waals surface area contributed by atoms with Gasteiger partial charge in [-0.15, -0.1) is 0 Å². The minimum Gasteiger partial charge on any atom is -0.339 e. The average molecular weight is 359 g/mol. The van der Waals surface area contributed by atoms with Gasteiger partial charge in [0, 0.05) is 30.4 Å². The molecular weight excluding hydrogens is 333 g/mol. The summed E-state index contributed by atoms with van der Waals surface area (Å²) in [6.45, 7) is 8.66. The SMILES string of the molecule is Cc1ccc(F)c2c1N(C(=O)CCCc1nc(C(C)(C)C)no1)CCC2. The van der Waals surface area contributed by atoms with Crippen molar-refractivity contribution < 1.29 is 13.7 Å². The van der Waals surface area contributed by atoms with Crippen molar-refractivity contribution in [3.05, 3.63) is 40.8 Å². The Morgan fingerprint density at radius 1 is 1.35 bits per heavy atom. The van der Waals surface area contributed by atoms with Crippen LogP contribution in [0.2, 0.25) is 0 Å². The maximum Gasteiger partial charge on any atom is 0.227 e. The molecule has 1 aliphatic rings. The van der Waals surface area contributed by atoms with E-state index in [1.165, 1.54) is 6.07 Å². The summed E-state index contributed by atoms with van der Waals surface area (Å²) >= 11 is 0. The fourth-order valence-corrected chi connectivity index (χ4v) is 3.30. The molecule has 0 fully saturated rings. The number of carbonyl (C=O) groups is 1. The first-order valence-electron chi connectivity index (χ1n) is 9.19. The number of anilines is 1. The average Bonchev–Trinajstić information content (AvgIpc) is 3.07. The van der Waals surface area contributed by atoms with Crippen LogP contribution in [0.15, 0.2) is 16.7 Å². The van der Waals surface area contributed by atoms with Crippen molar-refractivity contribution in [2.24, 2.45) is 0 Å². The van der Waals surface area contributed by atoms with E-state index >= 15 is 0 Å². The quantitative estimate of drug-likeness (QED) is 0.824. The maximum absolute atomic E-state index is 14.1. The molecule has 0 N–H and O–H groups in total. The molecule has 0 saturated heterocycles. The van der Waals surface area contributed by atoms with Gasteiger partial charge in [0.1, 0.15) is 5.82 Å². The Bertz CT molecular complexity index is 808. The first-order valence-corrected chi connectivity index (χ1v) is 9.19. The lowest BCUT2D eigenvalue weighted by Gasteiger charge is -2.31. The zero-order chi connectivity index (χ0) is 18.9. The zero-order valence-electron chi connectivity index (χ0n) is 15.9. The van der Waals surface area contributed by atoms with Crippen LogP contribution in [0.4, 0.5) is 10.1 Å². The molecule has 2 heterocycles. The van der Waals surface area contributed by atoms with Crippen LogP contribution in [-0.4, -0.2) is 22.6 Å². The van der Waals surface area contributed by atoms with Gasteiger partial charge in [0.05, 0.1) is 5.69 Å². The third kappa shape index (κ3) is 3.79. The molecule has 0 radical (unpaired) electrons. The predicted octanol–water partition coefficient (Wildman–Crippen LogP) is 4.12. The molecule has 1 aromatic carbocycles. The fraction of sp³-hybridized carbons (Fsp3) is 0.550. The third-order valence-corrected chi connectivity index (χ3v) is 4.73. The topological polar surface area (TPSA) is 59.2 Å². The molecule has 140 valence electrons. The summed E-state index contributed by atoms with van der Waals surface area (Å²) < 4.78 is 19.4. The minimum atomic E-state index is -0.219. The normalized spacial score (nSPS) is 14.4. The van der Waals surface area contributed by atoms with E-state index in [0.717, 1.165) is 17.7 Å². The summed E-state index contributed by atoms with van der Waals surface area (Å²) in [5, 5.41) is 4.00. The number of rotatable bonds is 4. The lowest BCUT2D eigenvalue weighted by Crippen LogP contribution is -2.36. The number of aryl methyl sites for hydroxylation is 2. The van der Waals surface area contributed by atoms with Gasteiger partial charge >= 0.3 is 0 Å². The van der Waals surface area contributed by atoms with Crippen LogP contribution in [0.5, 0.6) is 0 Å². The summed E-state index contributed by atoms with van der Waals surface area (Å²) in [5.74, 6) is 1.04. The van der Waals surface area contributed by atoms with Crippen molar-refractivity contribution >= 4 is 11.6 Å². The number of nitrogens with zero attached hydrogens (tertiary/aromatic N) is 3. The molecule has 1 aromatic heterocycles. The predicted molar refractivity (Wildman–Crippen MR) is 97.7 cm³/mol. The first kappa shape index (κ1) is 18.5. The van der Waals surface area contributed by atoms with E-state index in [-0.39, 0.29) is 17.1 Å². The van der Waals surface area contributed by atoms with E-state index in [0.29, 0.717) is 49.5 Å². The van der Waals surface area contributed by atoms with Crippen LogP contribution in [-0.2, 0) is 23.1 Å². The standard InChI is InChI=1S/C20H26FN3O2/c1-13-10-11-15(21)14-7-6-12-24(18(13)14)17(25)9-5-8-16-22-19(23-26-16)20(2,3)4/h10-11H,5-9,12H2,1-4H3. The molecule has 0 unspecified atom stereocenters. The maximum atomic E-state index is 14.1.